The molecule has 0 fully saturated rings. The van der Waals surface area contributed by atoms with Gasteiger partial charge in [0.25, 0.3) is 0 Å². The van der Waals surface area contributed by atoms with Crippen molar-refractivity contribution in [1.29, 1.82) is 0 Å². The van der Waals surface area contributed by atoms with E-state index in [2.05, 4.69) is 5.32 Å². The molecule has 0 aliphatic heterocycles. The lowest BCUT2D eigenvalue weighted by Crippen LogP contribution is -2.07. The van der Waals surface area contributed by atoms with Crippen molar-refractivity contribution in [3.8, 4) is 0 Å². The third-order valence-electron chi connectivity index (χ3n) is 2.67. The summed E-state index contributed by atoms with van der Waals surface area (Å²) in [6.45, 7) is 0.118. The van der Waals surface area contributed by atoms with Crippen molar-refractivity contribution in [2.45, 2.75) is 12.7 Å². The molecule has 0 amide bonds. The fraction of sp³-hybridized carbons (Fsp3) is 0.143. The maximum Gasteiger partial charge on any atom is 0.416 e. The summed E-state index contributed by atoms with van der Waals surface area (Å²) in [6.07, 6.45) is -4.38. The SMILES string of the molecule is Fc1ccc(Cl)c(NCc2cccc(C(F)(F)F)c2)c1. The van der Waals surface area contributed by atoms with Crippen LogP contribution in [0.25, 0.3) is 0 Å². The third kappa shape index (κ3) is 3.63. The van der Waals surface area contributed by atoms with Crippen LogP contribution in [0.2, 0.25) is 5.02 Å². The molecular formula is C14H10ClF4N. The molecule has 2 rings (SSSR count). The van der Waals surface area contributed by atoms with Gasteiger partial charge in [-0.15, -0.1) is 0 Å². The third-order valence-corrected chi connectivity index (χ3v) is 3.00. The van der Waals surface area contributed by atoms with Gasteiger partial charge in [0.1, 0.15) is 5.82 Å². The number of halogens is 5. The van der Waals surface area contributed by atoms with Gasteiger partial charge in [-0.1, -0.05) is 23.7 Å². The fourth-order valence-electron chi connectivity index (χ4n) is 1.69. The molecule has 0 atom stereocenters. The second kappa shape index (κ2) is 5.71. The molecule has 0 radical (unpaired) electrons. The Balaban J connectivity index is 2.13. The highest BCUT2D eigenvalue weighted by atomic mass is 35.5. The molecule has 2 aromatic carbocycles. The van der Waals surface area contributed by atoms with Crippen LogP contribution >= 0.6 is 11.6 Å². The van der Waals surface area contributed by atoms with Crippen molar-refractivity contribution in [2.24, 2.45) is 0 Å². The van der Waals surface area contributed by atoms with Crippen molar-refractivity contribution in [3.05, 3.63) is 64.4 Å². The van der Waals surface area contributed by atoms with Crippen LogP contribution < -0.4 is 5.32 Å². The highest BCUT2D eigenvalue weighted by Crippen LogP contribution is 2.30. The summed E-state index contributed by atoms with van der Waals surface area (Å²) in [5.74, 6) is -0.471. The van der Waals surface area contributed by atoms with Gasteiger partial charge in [0.2, 0.25) is 0 Å². The Morgan fingerprint density at radius 1 is 1.05 bits per heavy atom. The van der Waals surface area contributed by atoms with Gasteiger partial charge >= 0.3 is 6.18 Å². The van der Waals surface area contributed by atoms with Crippen molar-refractivity contribution in [2.75, 3.05) is 5.32 Å². The second-order valence-corrected chi connectivity index (χ2v) is 4.58. The first-order valence-electron chi connectivity index (χ1n) is 5.71. The van der Waals surface area contributed by atoms with Crippen LogP contribution in [0.1, 0.15) is 11.1 Å². The molecule has 0 spiro atoms. The van der Waals surface area contributed by atoms with Gasteiger partial charge in [-0.05, 0) is 35.9 Å². The number of alkyl halides is 3. The van der Waals surface area contributed by atoms with Gasteiger partial charge in [0.15, 0.2) is 0 Å². The van der Waals surface area contributed by atoms with Crippen molar-refractivity contribution in [1.82, 2.24) is 0 Å². The summed E-state index contributed by atoms with van der Waals surface area (Å²) in [4.78, 5) is 0. The van der Waals surface area contributed by atoms with Crippen molar-refractivity contribution >= 4 is 17.3 Å². The van der Waals surface area contributed by atoms with Crippen LogP contribution in [0.4, 0.5) is 23.2 Å². The fourth-order valence-corrected chi connectivity index (χ4v) is 1.87. The van der Waals surface area contributed by atoms with Gasteiger partial charge in [0, 0.05) is 6.54 Å². The van der Waals surface area contributed by atoms with E-state index in [0.717, 1.165) is 12.1 Å². The molecule has 0 aliphatic rings. The lowest BCUT2D eigenvalue weighted by molar-refractivity contribution is -0.137. The molecule has 0 saturated carbocycles. The summed E-state index contributed by atoms with van der Waals surface area (Å²) in [5.41, 5.74) is 0.0476. The van der Waals surface area contributed by atoms with Gasteiger partial charge in [-0.2, -0.15) is 13.2 Å². The standard InChI is InChI=1S/C14H10ClF4N/c15-12-5-4-11(16)7-13(12)20-8-9-2-1-3-10(6-9)14(17,18)19/h1-7,20H,8H2. The smallest absolute Gasteiger partial charge is 0.380 e. The lowest BCUT2D eigenvalue weighted by atomic mass is 10.1. The maximum atomic E-state index is 13.0. The van der Waals surface area contributed by atoms with Crippen LogP contribution in [0.5, 0.6) is 0 Å². The molecule has 0 aromatic heterocycles. The molecule has 2 aromatic rings. The van der Waals surface area contributed by atoms with E-state index in [9.17, 15) is 17.6 Å². The molecule has 20 heavy (non-hydrogen) atoms. The predicted molar refractivity (Wildman–Crippen MR) is 70.2 cm³/mol. The molecule has 0 saturated heterocycles. The average Bonchev–Trinajstić information content (AvgIpc) is 2.39. The van der Waals surface area contributed by atoms with Crippen LogP contribution in [0, 0.1) is 5.82 Å². The first-order valence-corrected chi connectivity index (χ1v) is 6.09. The van der Waals surface area contributed by atoms with Crippen LogP contribution in [0.15, 0.2) is 42.5 Å². The van der Waals surface area contributed by atoms with Crippen LogP contribution in [0.3, 0.4) is 0 Å². The second-order valence-electron chi connectivity index (χ2n) is 4.18. The number of hydrogen-bond donors (Lipinski definition) is 1. The minimum atomic E-state index is -4.38. The Labute approximate surface area is 118 Å². The summed E-state index contributed by atoms with van der Waals surface area (Å²) < 4.78 is 50.7. The van der Waals surface area contributed by atoms with E-state index in [4.69, 9.17) is 11.6 Å². The minimum absolute atomic E-state index is 0.118. The Hall–Kier alpha value is -1.75. The van der Waals surface area contributed by atoms with E-state index in [-0.39, 0.29) is 6.54 Å². The quantitative estimate of drug-likeness (QED) is 0.777. The Morgan fingerprint density at radius 2 is 1.80 bits per heavy atom. The van der Waals surface area contributed by atoms with E-state index in [1.54, 1.807) is 6.07 Å². The zero-order chi connectivity index (χ0) is 14.8. The van der Waals surface area contributed by atoms with E-state index in [1.165, 1.54) is 24.3 Å². The largest absolute Gasteiger partial charge is 0.416 e. The highest BCUT2D eigenvalue weighted by Gasteiger charge is 2.30. The first-order chi connectivity index (χ1) is 9.36. The average molecular weight is 304 g/mol. The van der Waals surface area contributed by atoms with E-state index in [1.807, 2.05) is 0 Å². The first kappa shape index (κ1) is 14.7. The topological polar surface area (TPSA) is 12.0 Å². The number of hydrogen-bond acceptors (Lipinski definition) is 1. The van der Waals surface area contributed by atoms with Crippen LogP contribution in [-0.4, -0.2) is 0 Å². The van der Waals surface area contributed by atoms with E-state index in [0.29, 0.717) is 16.3 Å². The maximum absolute atomic E-state index is 13.0. The molecule has 0 aliphatic carbocycles. The molecule has 6 heteroatoms. The van der Waals surface area contributed by atoms with Crippen molar-refractivity contribution < 1.29 is 17.6 Å². The molecule has 0 unspecified atom stereocenters. The van der Waals surface area contributed by atoms with Gasteiger partial charge in [-0.3, -0.25) is 0 Å². The zero-order valence-corrected chi connectivity index (χ0v) is 10.9. The predicted octanol–water partition coefficient (Wildman–Crippen LogP) is 5.11. The number of rotatable bonds is 3. The number of anilines is 1. The molecule has 0 bridgehead atoms. The Bertz CT molecular complexity index is 610. The number of nitrogens with one attached hydrogen (secondary N) is 1. The summed E-state index contributed by atoms with van der Waals surface area (Å²) in [6, 6.07) is 8.69. The molecule has 106 valence electrons. The minimum Gasteiger partial charge on any atom is -0.380 e. The number of benzene rings is 2. The summed E-state index contributed by atoms with van der Waals surface area (Å²) >= 11 is 5.86. The zero-order valence-electron chi connectivity index (χ0n) is 10.1. The van der Waals surface area contributed by atoms with E-state index < -0.39 is 17.6 Å². The normalized spacial score (nSPS) is 11.4. The molecule has 0 heterocycles. The van der Waals surface area contributed by atoms with Gasteiger partial charge in [-0.25, -0.2) is 4.39 Å². The molecular weight excluding hydrogens is 294 g/mol. The Kier molecular flexibility index (Phi) is 4.18. The summed E-state index contributed by atoms with van der Waals surface area (Å²) in [7, 11) is 0. The monoisotopic (exact) mass is 303 g/mol. The molecule has 1 N–H and O–H groups in total. The molecule has 1 nitrogen and oxygen atoms in total. The Morgan fingerprint density at radius 3 is 2.50 bits per heavy atom. The lowest BCUT2D eigenvalue weighted by Gasteiger charge is -2.11. The highest BCUT2D eigenvalue weighted by molar-refractivity contribution is 6.33. The summed E-state index contributed by atoms with van der Waals surface area (Å²) in [5, 5.41) is 3.11. The van der Waals surface area contributed by atoms with Crippen molar-refractivity contribution in [3.63, 3.8) is 0 Å². The van der Waals surface area contributed by atoms with Gasteiger partial charge < -0.3 is 5.32 Å². The van der Waals surface area contributed by atoms with Crippen LogP contribution in [-0.2, 0) is 12.7 Å². The van der Waals surface area contributed by atoms with E-state index >= 15 is 0 Å². The van der Waals surface area contributed by atoms with Gasteiger partial charge in [0.05, 0.1) is 16.3 Å².